The van der Waals surface area contributed by atoms with Crippen molar-refractivity contribution in [2.75, 3.05) is 44.7 Å². The van der Waals surface area contributed by atoms with Crippen LogP contribution >= 0.6 is 0 Å². The monoisotopic (exact) mass is 331 g/mol. The van der Waals surface area contributed by atoms with Crippen LogP contribution in [-0.4, -0.2) is 61.4 Å². The summed E-state index contributed by atoms with van der Waals surface area (Å²) in [6, 6.07) is 4.17. The molecule has 1 aromatic rings. The molecule has 132 valence electrons. The maximum Gasteiger partial charge on any atom is 0.224 e. The van der Waals surface area contributed by atoms with Gasteiger partial charge in [0.25, 0.3) is 0 Å². The third kappa shape index (κ3) is 4.35. The predicted octanol–water partition coefficient (Wildman–Crippen LogP) is 2.13. The van der Waals surface area contributed by atoms with Gasteiger partial charge >= 0.3 is 0 Å². The first-order valence-corrected chi connectivity index (χ1v) is 8.62. The molecule has 0 atom stereocenters. The van der Waals surface area contributed by atoms with E-state index in [4.69, 9.17) is 0 Å². The van der Waals surface area contributed by atoms with Gasteiger partial charge in [-0.3, -0.25) is 9.59 Å². The van der Waals surface area contributed by atoms with Gasteiger partial charge in [-0.1, -0.05) is 17.7 Å². The van der Waals surface area contributed by atoms with Gasteiger partial charge in [0.05, 0.1) is 0 Å². The van der Waals surface area contributed by atoms with E-state index in [-0.39, 0.29) is 11.8 Å². The molecule has 5 nitrogen and oxygen atoms in total. The fourth-order valence-corrected chi connectivity index (χ4v) is 3.45. The number of hydrogen-bond donors (Lipinski definition) is 0. The highest BCUT2D eigenvalue weighted by Crippen LogP contribution is 2.26. The van der Waals surface area contributed by atoms with Gasteiger partial charge in [0, 0.05) is 51.8 Å². The Balaban J connectivity index is 2.07. The van der Waals surface area contributed by atoms with Crippen molar-refractivity contribution in [3.63, 3.8) is 0 Å². The standard InChI is InChI=1S/C19H29N3O2/c1-14-12-15(2)19(16(3)13-14)22(17(4)23)7-6-18(24)21-10-8-20(5)9-11-21/h12-13H,6-11H2,1-5H3. The lowest BCUT2D eigenvalue weighted by Crippen LogP contribution is -2.48. The Morgan fingerprint density at radius 1 is 1.04 bits per heavy atom. The van der Waals surface area contributed by atoms with Crippen LogP contribution in [0.5, 0.6) is 0 Å². The molecule has 1 fully saturated rings. The number of rotatable bonds is 4. The molecule has 1 heterocycles. The van der Waals surface area contributed by atoms with Crippen molar-refractivity contribution in [3.8, 4) is 0 Å². The topological polar surface area (TPSA) is 43.9 Å². The molecule has 1 aliphatic heterocycles. The molecule has 24 heavy (non-hydrogen) atoms. The Morgan fingerprint density at radius 3 is 2.08 bits per heavy atom. The molecule has 1 aliphatic rings. The van der Waals surface area contributed by atoms with Gasteiger partial charge in [0.1, 0.15) is 0 Å². The zero-order chi connectivity index (χ0) is 17.9. The van der Waals surface area contributed by atoms with E-state index in [1.54, 1.807) is 11.8 Å². The number of piperazine rings is 1. The molecule has 0 aliphatic carbocycles. The summed E-state index contributed by atoms with van der Waals surface area (Å²) in [4.78, 5) is 30.5. The van der Waals surface area contributed by atoms with E-state index >= 15 is 0 Å². The molecule has 0 radical (unpaired) electrons. The van der Waals surface area contributed by atoms with Crippen molar-refractivity contribution in [3.05, 3.63) is 28.8 Å². The molecular formula is C19H29N3O2. The zero-order valence-corrected chi connectivity index (χ0v) is 15.6. The molecule has 2 rings (SSSR count). The molecule has 0 spiro atoms. The van der Waals surface area contributed by atoms with Gasteiger partial charge in [-0.15, -0.1) is 0 Å². The Hall–Kier alpha value is -1.88. The van der Waals surface area contributed by atoms with Crippen LogP contribution in [0.2, 0.25) is 0 Å². The molecule has 0 N–H and O–H groups in total. The first-order chi connectivity index (χ1) is 11.3. The van der Waals surface area contributed by atoms with Crippen molar-refractivity contribution < 1.29 is 9.59 Å². The average molecular weight is 331 g/mol. The first-order valence-electron chi connectivity index (χ1n) is 8.62. The Labute approximate surface area is 145 Å². The molecule has 0 bridgehead atoms. The SMILES string of the molecule is CC(=O)N(CCC(=O)N1CCN(C)CC1)c1c(C)cc(C)cc1C. The van der Waals surface area contributed by atoms with Crippen molar-refractivity contribution >= 4 is 17.5 Å². The molecular weight excluding hydrogens is 302 g/mol. The molecule has 0 aromatic heterocycles. The van der Waals surface area contributed by atoms with Crippen LogP contribution in [0.4, 0.5) is 5.69 Å². The number of benzene rings is 1. The number of likely N-dealkylation sites (N-methyl/N-ethyl adjacent to an activating group) is 1. The highest BCUT2D eigenvalue weighted by molar-refractivity contribution is 5.94. The number of hydrogen-bond acceptors (Lipinski definition) is 3. The second kappa shape index (κ2) is 7.79. The van der Waals surface area contributed by atoms with Crippen LogP contribution in [0.1, 0.15) is 30.0 Å². The first kappa shape index (κ1) is 18.5. The van der Waals surface area contributed by atoms with E-state index in [1.807, 2.05) is 18.7 Å². The highest BCUT2D eigenvalue weighted by atomic mass is 16.2. The summed E-state index contributed by atoms with van der Waals surface area (Å²) in [6.45, 7) is 11.5. The number of nitrogens with zero attached hydrogens (tertiary/aromatic N) is 3. The fraction of sp³-hybridized carbons (Fsp3) is 0.579. The largest absolute Gasteiger partial charge is 0.340 e. The lowest BCUT2D eigenvalue weighted by Gasteiger charge is -2.33. The summed E-state index contributed by atoms with van der Waals surface area (Å²) in [5.74, 6) is 0.119. The van der Waals surface area contributed by atoms with Gasteiger partial charge in [0.2, 0.25) is 11.8 Å². The van der Waals surface area contributed by atoms with Crippen LogP contribution < -0.4 is 4.90 Å². The number of amides is 2. The summed E-state index contributed by atoms with van der Waals surface area (Å²) in [6.07, 6.45) is 0.371. The lowest BCUT2D eigenvalue weighted by molar-refractivity contribution is -0.132. The van der Waals surface area contributed by atoms with E-state index in [0.717, 1.165) is 43.0 Å². The number of carbonyl (C=O) groups is 2. The van der Waals surface area contributed by atoms with Gasteiger partial charge in [-0.25, -0.2) is 0 Å². The fourth-order valence-electron chi connectivity index (χ4n) is 3.45. The van der Waals surface area contributed by atoms with Crippen LogP contribution in [-0.2, 0) is 9.59 Å². The summed E-state index contributed by atoms with van der Waals surface area (Å²) < 4.78 is 0. The normalized spacial score (nSPS) is 15.5. The molecule has 0 unspecified atom stereocenters. The van der Waals surface area contributed by atoms with Crippen LogP contribution in [0.15, 0.2) is 12.1 Å². The van der Waals surface area contributed by atoms with Gasteiger partial charge < -0.3 is 14.7 Å². The Bertz CT molecular complexity index is 596. The average Bonchev–Trinajstić information content (AvgIpc) is 2.49. The summed E-state index contributed by atoms with van der Waals surface area (Å²) in [5.41, 5.74) is 4.29. The minimum atomic E-state index is -0.0174. The number of carbonyl (C=O) groups excluding carboxylic acids is 2. The van der Waals surface area contributed by atoms with Gasteiger partial charge in [-0.2, -0.15) is 0 Å². The van der Waals surface area contributed by atoms with Crippen molar-refractivity contribution in [1.82, 2.24) is 9.80 Å². The van der Waals surface area contributed by atoms with Crippen molar-refractivity contribution in [2.45, 2.75) is 34.1 Å². The quantitative estimate of drug-likeness (QED) is 0.849. The summed E-state index contributed by atoms with van der Waals surface area (Å²) in [5, 5.41) is 0. The predicted molar refractivity (Wildman–Crippen MR) is 97.4 cm³/mol. The maximum atomic E-state index is 12.5. The number of anilines is 1. The minimum absolute atomic E-state index is 0.0174. The second-order valence-corrected chi connectivity index (χ2v) is 6.85. The van der Waals surface area contributed by atoms with Crippen LogP contribution in [0, 0.1) is 20.8 Å². The molecule has 1 saturated heterocycles. The van der Waals surface area contributed by atoms with Crippen LogP contribution in [0.25, 0.3) is 0 Å². The summed E-state index contributed by atoms with van der Waals surface area (Å²) in [7, 11) is 2.07. The molecule has 1 aromatic carbocycles. The lowest BCUT2D eigenvalue weighted by atomic mass is 10.0. The van der Waals surface area contributed by atoms with E-state index in [1.165, 1.54) is 5.56 Å². The zero-order valence-electron chi connectivity index (χ0n) is 15.6. The maximum absolute atomic E-state index is 12.5. The molecule has 0 saturated carbocycles. The van der Waals surface area contributed by atoms with Crippen LogP contribution in [0.3, 0.4) is 0 Å². The van der Waals surface area contributed by atoms with Gasteiger partial charge in [0.15, 0.2) is 0 Å². The number of aryl methyl sites for hydroxylation is 3. The Morgan fingerprint density at radius 2 is 1.58 bits per heavy atom. The third-order valence-electron chi connectivity index (χ3n) is 4.69. The van der Waals surface area contributed by atoms with E-state index in [0.29, 0.717) is 13.0 Å². The third-order valence-corrected chi connectivity index (χ3v) is 4.69. The van der Waals surface area contributed by atoms with E-state index in [2.05, 4.69) is 31.0 Å². The van der Waals surface area contributed by atoms with Crippen molar-refractivity contribution in [1.29, 1.82) is 0 Å². The van der Waals surface area contributed by atoms with E-state index in [9.17, 15) is 9.59 Å². The summed E-state index contributed by atoms with van der Waals surface area (Å²) >= 11 is 0. The second-order valence-electron chi connectivity index (χ2n) is 6.85. The van der Waals surface area contributed by atoms with E-state index < -0.39 is 0 Å². The van der Waals surface area contributed by atoms with Crippen molar-refractivity contribution in [2.24, 2.45) is 0 Å². The minimum Gasteiger partial charge on any atom is -0.340 e. The Kier molecular flexibility index (Phi) is 5.99. The highest BCUT2D eigenvalue weighted by Gasteiger charge is 2.22. The molecule has 5 heteroatoms. The molecule has 2 amide bonds. The van der Waals surface area contributed by atoms with Gasteiger partial charge in [-0.05, 0) is 38.9 Å². The smallest absolute Gasteiger partial charge is 0.224 e.